The van der Waals surface area contributed by atoms with E-state index in [1.165, 1.54) is 5.56 Å². The highest BCUT2D eigenvalue weighted by Gasteiger charge is 2.35. The number of aryl methyl sites for hydroxylation is 1. The largest absolute Gasteiger partial charge is 0.350 e. The maximum absolute atomic E-state index is 12.4. The molecule has 1 N–H and O–H groups in total. The number of amides is 1. The highest BCUT2D eigenvalue weighted by Crippen LogP contribution is 2.22. The molecule has 1 heterocycles. The standard InChI is InChI=1S/C14H18N2OS2/c1-3-10-5-4-6-11(9-10)16-13(17)12(7-8-19-2)15-14(16)18/h4-6,9,12H,3,7-8H2,1-2H3,(H,15,18)/t12-/m1/s1. The van der Waals surface area contributed by atoms with E-state index in [0.29, 0.717) is 5.11 Å². The molecule has 0 bridgehead atoms. The summed E-state index contributed by atoms with van der Waals surface area (Å²) < 4.78 is 0. The number of hydrogen-bond donors (Lipinski definition) is 1. The van der Waals surface area contributed by atoms with Gasteiger partial charge in [0.15, 0.2) is 5.11 Å². The molecule has 1 aromatic carbocycles. The molecule has 0 saturated carbocycles. The van der Waals surface area contributed by atoms with E-state index in [4.69, 9.17) is 12.2 Å². The van der Waals surface area contributed by atoms with Crippen LogP contribution in [0.5, 0.6) is 0 Å². The summed E-state index contributed by atoms with van der Waals surface area (Å²) in [7, 11) is 0. The van der Waals surface area contributed by atoms with E-state index in [1.54, 1.807) is 16.7 Å². The lowest BCUT2D eigenvalue weighted by Gasteiger charge is -2.15. The molecule has 5 heteroatoms. The van der Waals surface area contributed by atoms with Gasteiger partial charge in [0.25, 0.3) is 5.91 Å². The molecule has 0 aliphatic carbocycles. The maximum Gasteiger partial charge on any atom is 0.255 e. The number of carbonyl (C=O) groups is 1. The highest BCUT2D eigenvalue weighted by molar-refractivity contribution is 7.98. The first-order valence-electron chi connectivity index (χ1n) is 6.39. The molecule has 1 fully saturated rings. The first kappa shape index (κ1) is 14.3. The van der Waals surface area contributed by atoms with Crippen LogP contribution >= 0.6 is 24.0 Å². The van der Waals surface area contributed by atoms with Gasteiger partial charge in [0.2, 0.25) is 0 Å². The first-order valence-corrected chi connectivity index (χ1v) is 8.20. The van der Waals surface area contributed by atoms with Crippen molar-refractivity contribution in [3.63, 3.8) is 0 Å². The van der Waals surface area contributed by atoms with Crippen LogP contribution in [0, 0.1) is 0 Å². The summed E-state index contributed by atoms with van der Waals surface area (Å²) >= 11 is 7.03. The fourth-order valence-electron chi connectivity index (χ4n) is 2.12. The van der Waals surface area contributed by atoms with Crippen molar-refractivity contribution in [1.29, 1.82) is 0 Å². The fourth-order valence-corrected chi connectivity index (χ4v) is 2.93. The number of anilines is 1. The molecule has 0 radical (unpaired) electrons. The molecule has 1 aromatic rings. The van der Waals surface area contributed by atoms with Crippen molar-refractivity contribution in [2.45, 2.75) is 25.8 Å². The number of hydrogen-bond acceptors (Lipinski definition) is 3. The number of thiocarbonyl (C=S) groups is 1. The van der Waals surface area contributed by atoms with Crippen molar-refractivity contribution in [1.82, 2.24) is 5.32 Å². The number of nitrogens with one attached hydrogen (secondary N) is 1. The molecule has 1 atom stereocenters. The Morgan fingerprint density at radius 2 is 2.26 bits per heavy atom. The average Bonchev–Trinajstić information content (AvgIpc) is 2.71. The zero-order valence-corrected chi connectivity index (χ0v) is 12.8. The summed E-state index contributed by atoms with van der Waals surface area (Å²) in [5.41, 5.74) is 2.08. The maximum atomic E-state index is 12.4. The van der Waals surface area contributed by atoms with Gasteiger partial charge in [0.05, 0.1) is 5.69 Å². The van der Waals surface area contributed by atoms with Gasteiger partial charge in [0.1, 0.15) is 6.04 Å². The van der Waals surface area contributed by atoms with Crippen molar-refractivity contribution < 1.29 is 4.79 Å². The van der Waals surface area contributed by atoms with Crippen LogP contribution in [-0.2, 0) is 11.2 Å². The lowest BCUT2D eigenvalue weighted by atomic mass is 10.1. The van der Waals surface area contributed by atoms with E-state index < -0.39 is 0 Å². The molecule has 2 rings (SSSR count). The molecule has 19 heavy (non-hydrogen) atoms. The number of benzene rings is 1. The Labute approximate surface area is 123 Å². The summed E-state index contributed by atoms with van der Waals surface area (Å²) in [4.78, 5) is 14.0. The lowest BCUT2D eigenvalue weighted by molar-refractivity contribution is -0.118. The van der Waals surface area contributed by atoms with E-state index in [0.717, 1.165) is 24.3 Å². The monoisotopic (exact) mass is 294 g/mol. The van der Waals surface area contributed by atoms with Crippen LogP contribution in [0.2, 0.25) is 0 Å². The first-order chi connectivity index (χ1) is 9.17. The molecular weight excluding hydrogens is 276 g/mol. The van der Waals surface area contributed by atoms with Crippen molar-refractivity contribution in [3.05, 3.63) is 29.8 Å². The van der Waals surface area contributed by atoms with Gasteiger partial charge in [-0.2, -0.15) is 11.8 Å². The van der Waals surface area contributed by atoms with Crippen molar-refractivity contribution in [2.24, 2.45) is 0 Å². The quantitative estimate of drug-likeness (QED) is 0.846. The molecule has 0 spiro atoms. The minimum absolute atomic E-state index is 0.0623. The second kappa shape index (κ2) is 6.39. The summed E-state index contributed by atoms with van der Waals surface area (Å²) in [6.45, 7) is 2.10. The SMILES string of the molecule is CCc1cccc(N2C(=O)[C@@H](CCSC)NC2=S)c1. The van der Waals surface area contributed by atoms with E-state index in [9.17, 15) is 4.79 Å². The van der Waals surface area contributed by atoms with Gasteiger partial charge in [-0.3, -0.25) is 9.69 Å². The van der Waals surface area contributed by atoms with Crippen LogP contribution in [-0.4, -0.2) is 29.1 Å². The molecule has 102 valence electrons. The Balaban J connectivity index is 2.19. The van der Waals surface area contributed by atoms with Crippen molar-refractivity contribution in [3.8, 4) is 0 Å². The van der Waals surface area contributed by atoms with Crippen molar-refractivity contribution >= 4 is 40.7 Å². The Hall–Kier alpha value is -1.07. The normalized spacial score (nSPS) is 18.8. The van der Waals surface area contributed by atoms with E-state index in [-0.39, 0.29) is 11.9 Å². The summed E-state index contributed by atoms with van der Waals surface area (Å²) in [5, 5.41) is 3.64. The molecule has 1 saturated heterocycles. The predicted molar refractivity (Wildman–Crippen MR) is 85.8 cm³/mol. The van der Waals surface area contributed by atoms with Gasteiger partial charge in [-0.25, -0.2) is 0 Å². The van der Waals surface area contributed by atoms with E-state index in [2.05, 4.69) is 18.3 Å². The summed E-state index contributed by atoms with van der Waals surface area (Å²) in [6.07, 6.45) is 3.80. The van der Waals surface area contributed by atoms with Gasteiger partial charge in [-0.15, -0.1) is 0 Å². The Kier molecular flexibility index (Phi) is 4.82. The third-order valence-corrected chi connectivity index (χ3v) is 4.15. The third-order valence-electron chi connectivity index (χ3n) is 3.21. The lowest BCUT2D eigenvalue weighted by Crippen LogP contribution is -2.31. The number of thioether (sulfide) groups is 1. The fraction of sp³-hybridized carbons (Fsp3) is 0.429. The molecule has 0 unspecified atom stereocenters. The van der Waals surface area contributed by atoms with Gasteiger partial charge < -0.3 is 5.32 Å². The Morgan fingerprint density at radius 3 is 2.95 bits per heavy atom. The van der Waals surface area contributed by atoms with Crippen LogP contribution in [0.4, 0.5) is 5.69 Å². The second-order valence-electron chi connectivity index (χ2n) is 4.48. The van der Waals surface area contributed by atoms with E-state index in [1.807, 2.05) is 24.5 Å². The van der Waals surface area contributed by atoms with Crippen LogP contribution < -0.4 is 10.2 Å². The number of rotatable bonds is 5. The third kappa shape index (κ3) is 3.09. The van der Waals surface area contributed by atoms with Crippen LogP contribution in [0.15, 0.2) is 24.3 Å². The molecule has 1 aliphatic heterocycles. The van der Waals surface area contributed by atoms with E-state index >= 15 is 0 Å². The van der Waals surface area contributed by atoms with Crippen molar-refractivity contribution in [2.75, 3.05) is 16.9 Å². The average molecular weight is 294 g/mol. The topological polar surface area (TPSA) is 32.3 Å². The molecule has 3 nitrogen and oxygen atoms in total. The number of nitrogens with zero attached hydrogens (tertiary/aromatic N) is 1. The zero-order valence-electron chi connectivity index (χ0n) is 11.2. The molecule has 0 aromatic heterocycles. The predicted octanol–water partition coefficient (Wildman–Crippen LogP) is 2.59. The van der Waals surface area contributed by atoms with Crippen LogP contribution in [0.3, 0.4) is 0 Å². The minimum atomic E-state index is -0.176. The minimum Gasteiger partial charge on any atom is -0.350 e. The molecule has 1 aliphatic rings. The zero-order chi connectivity index (χ0) is 13.8. The van der Waals surface area contributed by atoms with Crippen LogP contribution in [0.25, 0.3) is 0 Å². The molecular formula is C14H18N2OS2. The van der Waals surface area contributed by atoms with Gasteiger partial charge in [0, 0.05) is 0 Å². The smallest absolute Gasteiger partial charge is 0.255 e. The highest BCUT2D eigenvalue weighted by atomic mass is 32.2. The summed E-state index contributed by atoms with van der Waals surface area (Å²) in [6, 6.07) is 7.82. The van der Waals surface area contributed by atoms with Gasteiger partial charge in [-0.05, 0) is 54.8 Å². The second-order valence-corrected chi connectivity index (χ2v) is 5.85. The summed E-state index contributed by atoms with van der Waals surface area (Å²) in [5.74, 6) is 1.02. The van der Waals surface area contributed by atoms with Gasteiger partial charge >= 0.3 is 0 Å². The van der Waals surface area contributed by atoms with Crippen LogP contribution in [0.1, 0.15) is 18.9 Å². The molecule has 1 amide bonds. The van der Waals surface area contributed by atoms with Gasteiger partial charge in [-0.1, -0.05) is 19.1 Å². The number of carbonyl (C=O) groups excluding carboxylic acids is 1. The Bertz CT molecular complexity index is 490. The Morgan fingerprint density at radius 1 is 1.47 bits per heavy atom.